The van der Waals surface area contributed by atoms with E-state index in [0.29, 0.717) is 11.2 Å². The van der Waals surface area contributed by atoms with Crippen molar-refractivity contribution >= 4 is 29.6 Å². The van der Waals surface area contributed by atoms with Gasteiger partial charge in [0.05, 0.1) is 6.61 Å². The van der Waals surface area contributed by atoms with Crippen molar-refractivity contribution in [1.82, 2.24) is 5.32 Å². The quantitative estimate of drug-likeness (QED) is 0.204. The zero-order valence-electron chi connectivity index (χ0n) is 11.6. The van der Waals surface area contributed by atoms with Gasteiger partial charge in [0.1, 0.15) is 30.5 Å². The molecule has 0 bridgehead atoms. The predicted molar refractivity (Wildman–Crippen MR) is 87.0 cm³/mol. The van der Waals surface area contributed by atoms with Gasteiger partial charge in [-0.1, -0.05) is 6.08 Å². The first-order chi connectivity index (χ1) is 10.1. The van der Waals surface area contributed by atoms with Crippen LogP contribution in [-0.4, -0.2) is 75.1 Å². The first-order valence-electron chi connectivity index (χ1n) is 6.93. The second kappa shape index (κ2) is 7.85. The molecular weight excluding hydrogens is 312 g/mol. The number of rotatable bonds is 4. The van der Waals surface area contributed by atoms with Gasteiger partial charge >= 0.3 is 0 Å². The van der Waals surface area contributed by atoms with E-state index in [4.69, 9.17) is 9.84 Å². The monoisotopic (exact) mass is 334 g/mol. The predicted octanol–water partition coefficient (Wildman–Crippen LogP) is -0.597. The highest BCUT2D eigenvalue weighted by atomic mass is 32.2. The molecule has 2 rings (SSSR count). The number of aliphatic hydroxyl groups excluding tert-OH is 3. The Morgan fingerprint density at radius 3 is 2.81 bits per heavy atom. The van der Waals surface area contributed by atoms with E-state index in [0.717, 1.165) is 17.9 Å². The summed E-state index contributed by atoms with van der Waals surface area (Å²) in [5, 5.41) is 32.9. The van der Waals surface area contributed by atoms with Crippen molar-refractivity contribution in [3.05, 3.63) is 12.7 Å². The molecular formula is C13H22N2O4S2. The summed E-state index contributed by atoms with van der Waals surface area (Å²) in [5.41, 5.74) is 0. The van der Waals surface area contributed by atoms with Gasteiger partial charge in [-0.15, -0.1) is 19.2 Å². The van der Waals surface area contributed by atoms with Crippen LogP contribution in [0.3, 0.4) is 0 Å². The van der Waals surface area contributed by atoms with Gasteiger partial charge in [0.25, 0.3) is 0 Å². The Morgan fingerprint density at radius 1 is 1.48 bits per heavy atom. The summed E-state index contributed by atoms with van der Waals surface area (Å²) in [6.07, 6.45) is -1.18. The van der Waals surface area contributed by atoms with Crippen molar-refractivity contribution in [2.75, 3.05) is 18.1 Å². The number of nitrogens with zero attached hydrogens (tertiary/aromatic N) is 1. The van der Waals surface area contributed by atoms with E-state index in [2.05, 4.69) is 29.5 Å². The number of aliphatic imine (C=N–C) groups is 1. The molecule has 0 spiro atoms. The highest BCUT2D eigenvalue weighted by Crippen LogP contribution is 2.25. The molecule has 2 aliphatic rings. The van der Waals surface area contributed by atoms with Gasteiger partial charge in [-0.3, -0.25) is 4.99 Å². The maximum Gasteiger partial charge on any atom is 0.154 e. The highest BCUT2D eigenvalue weighted by Gasteiger charge is 2.43. The van der Waals surface area contributed by atoms with E-state index >= 15 is 0 Å². The molecule has 2 fully saturated rings. The molecule has 0 aromatic heterocycles. The zero-order chi connectivity index (χ0) is 15.4. The normalized spacial score (nSPS) is 41.0. The SMILES string of the molecule is C=C[C@H]1O[C@H](CO)[C@@H](O)[C@H](O)[C@H]1/N=C(\S)NC1CCSC1. The lowest BCUT2D eigenvalue weighted by Crippen LogP contribution is -2.57. The van der Waals surface area contributed by atoms with Crippen molar-refractivity contribution in [1.29, 1.82) is 0 Å². The van der Waals surface area contributed by atoms with E-state index in [1.807, 2.05) is 11.8 Å². The molecule has 6 nitrogen and oxygen atoms in total. The maximum atomic E-state index is 10.2. The molecule has 8 heteroatoms. The van der Waals surface area contributed by atoms with Crippen molar-refractivity contribution < 1.29 is 20.1 Å². The number of thioether (sulfide) groups is 1. The Balaban J connectivity index is 2.06. The van der Waals surface area contributed by atoms with E-state index in [1.54, 1.807) is 0 Å². The first kappa shape index (κ1) is 17.1. The van der Waals surface area contributed by atoms with Crippen LogP contribution in [0.5, 0.6) is 0 Å². The van der Waals surface area contributed by atoms with Gasteiger partial charge in [-0.05, 0) is 12.2 Å². The molecule has 0 aliphatic carbocycles. The second-order valence-electron chi connectivity index (χ2n) is 5.19. The summed E-state index contributed by atoms with van der Waals surface area (Å²) in [4.78, 5) is 4.32. The number of hydrogen-bond acceptors (Lipinski definition) is 6. The number of thiol groups is 1. The molecule has 1 unspecified atom stereocenters. The van der Waals surface area contributed by atoms with Gasteiger partial charge in [-0.25, -0.2) is 0 Å². The average Bonchev–Trinajstić information content (AvgIpc) is 2.97. The van der Waals surface area contributed by atoms with Crippen LogP contribution in [0.4, 0.5) is 0 Å². The molecule has 21 heavy (non-hydrogen) atoms. The highest BCUT2D eigenvalue weighted by molar-refractivity contribution is 7.99. The third-order valence-electron chi connectivity index (χ3n) is 3.70. The Labute approximate surface area is 134 Å². The van der Waals surface area contributed by atoms with Crippen LogP contribution >= 0.6 is 24.4 Å². The minimum absolute atomic E-state index is 0.324. The minimum Gasteiger partial charge on any atom is -0.394 e. The van der Waals surface area contributed by atoms with Crippen LogP contribution in [0.25, 0.3) is 0 Å². The number of amidine groups is 1. The molecule has 2 saturated heterocycles. The van der Waals surface area contributed by atoms with Gasteiger partial charge in [0.2, 0.25) is 0 Å². The van der Waals surface area contributed by atoms with E-state index in [9.17, 15) is 10.2 Å². The minimum atomic E-state index is -1.19. The summed E-state index contributed by atoms with van der Waals surface area (Å²) in [7, 11) is 0. The lowest BCUT2D eigenvalue weighted by atomic mass is 9.93. The van der Waals surface area contributed by atoms with Gasteiger partial charge in [-0.2, -0.15) is 11.8 Å². The van der Waals surface area contributed by atoms with Gasteiger partial charge in [0, 0.05) is 11.8 Å². The summed E-state index contributed by atoms with van der Waals surface area (Å²) >= 11 is 6.18. The second-order valence-corrected chi connectivity index (χ2v) is 6.76. The topological polar surface area (TPSA) is 94.3 Å². The molecule has 120 valence electrons. The fourth-order valence-corrected chi connectivity index (χ4v) is 3.95. The molecule has 4 N–H and O–H groups in total. The third-order valence-corrected chi connectivity index (χ3v) is 5.10. The Kier molecular flexibility index (Phi) is 6.39. The Bertz CT molecular complexity index is 390. The van der Waals surface area contributed by atoms with Crippen molar-refractivity contribution in [3.63, 3.8) is 0 Å². The number of nitrogens with one attached hydrogen (secondary N) is 1. The van der Waals surface area contributed by atoms with E-state index in [-0.39, 0.29) is 6.61 Å². The molecule has 6 atom stereocenters. The molecule has 0 saturated carbocycles. The van der Waals surface area contributed by atoms with E-state index in [1.165, 1.54) is 6.08 Å². The maximum absolute atomic E-state index is 10.2. The van der Waals surface area contributed by atoms with Crippen LogP contribution in [0.2, 0.25) is 0 Å². The summed E-state index contributed by atoms with van der Waals surface area (Å²) in [6, 6.07) is -0.375. The van der Waals surface area contributed by atoms with Gasteiger partial charge < -0.3 is 25.4 Å². The molecule has 2 heterocycles. The molecule has 0 radical (unpaired) electrons. The zero-order valence-corrected chi connectivity index (χ0v) is 13.3. The Morgan fingerprint density at radius 2 is 2.24 bits per heavy atom. The summed E-state index contributed by atoms with van der Waals surface area (Å²) in [6.45, 7) is 3.29. The van der Waals surface area contributed by atoms with Crippen LogP contribution in [0.1, 0.15) is 6.42 Å². The van der Waals surface area contributed by atoms with E-state index < -0.39 is 30.5 Å². The van der Waals surface area contributed by atoms with Crippen LogP contribution < -0.4 is 5.32 Å². The smallest absolute Gasteiger partial charge is 0.154 e. The number of ether oxygens (including phenoxy) is 1. The van der Waals surface area contributed by atoms with Gasteiger partial charge in [0.15, 0.2) is 5.17 Å². The molecule has 2 aliphatic heterocycles. The third kappa shape index (κ3) is 4.14. The van der Waals surface area contributed by atoms with Crippen LogP contribution in [-0.2, 0) is 4.74 Å². The molecule has 0 amide bonds. The number of hydrogen-bond donors (Lipinski definition) is 5. The summed E-state index contributed by atoms with van der Waals surface area (Å²) in [5.74, 6) is 2.11. The average molecular weight is 334 g/mol. The van der Waals surface area contributed by atoms with Crippen molar-refractivity contribution in [2.45, 2.75) is 42.9 Å². The van der Waals surface area contributed by atoms with Crippen LogP contribution in [0.15, 0.2) is 17.6 Å². The van der Waals surface area contributed by atoms with Crippen LogP contribution in [0, 0.1) is 0 Å². The van der Waals surface area contributed by atoms with Crippen molar-refractivity contribution in [3.8, 4) is 0 Å². The number of aliphatic hydroxyl groups is 3. The summed E-state index contributed by atoms with van der Waals surface area (Å²) < 4.78 is 5.50. The molecule has 0 aromatic carbocycles. The fraction of sp³-hybridized carbons (Fsp3) is 0.769. The molecule has 0 aromatic rings. The van der Waals surface area contributed by atoms with Crippen molar-refractivity contribution in [2.24, 2.45) is 4.99 Å². The lowest BCUT2D eigenvalue weighted by Gasteiger charge is -2.39. The standard InChI is InChI=1S/C13H22N2O4S2/c1-2-8-10(12(18)11(17)9(5-16)19-8)15-13(20)14-7-3-4-21-6-7/h2,7-12,16-18H,1,3-6H2,(H2,14,15,20)/t7?,8-,9-,10+,11-,12-/m1/s1. The first-order valence-corrected chi connectivity index (χ1v) is 8.53. The Hall–Kier alpha value is -0.250. The fourth-order valence-electron chi connectivity index (χ4n) is 2.48. The lowest BCUT2D eigenvalue weighted by molar-refractivity contribution is -0.175. The largest absolute Gasteiger partial charge is 0.394 e.